The number of rotatable bonds is 1. The molecule has 0 bridgehead atoms. The standard InChI is InChI=1S/C20H28N2O4/c1-19(2,3)14-10-12(11-15(16(14)23)20(4,5)6)9-13-7-8-22(17(13)24)18(25)21-26/h9-11,23,26H,7-8H2,1-6H3,(H,21,25)/b13-9-. The monoisotopic (exact) mass is 360 g/mol. The molecule has 1 heterocycles. The molecule has 26 heavy (non-hydrogen) atoms. The van der Waals surface area contributed by atoms with Crippen molar-refractivity contribution in [3.8, 4) is 5.75 Å². The van der Waals surface area contributed by atoms with Crippen LogP contribution in [0.4, 0.5) is 4.79 Å². The van der Waals surface area contributed by atoms with Crippen molar-refractivity contribution in [1.82, 2.24) is 10.4 Å². The normalized spacial score (nSPS) is 17.1. The predicted octanol–water partition coefficient (Wildman–Crippen LogP) is 3.70. The van der Waals surface area contributed by atoms with Gasteiger partial charge in [-0.25, -0.2) is 10.3 Å². The van der Waals surface area contributed by atoms with Gasteiger partial charge in [-0.1, -0.05) is 41.5 Å². The molecule has 0 atom stereocenters. The topological polar surface area (TPSA) is 89.9 Å². The third-order valence-electron chi connectivity index (χ3n) is 4.55. The molecule has 1 aromatic rings. The van der Waals surface area contributed by atoms with Crippen molar-refractivity contribution in [2.75, 3.05) is 6.54 Å². The van der Waals surface area contributed by atoms with Gasteiger partial charge in [-0.05, 0) is 41.0 Å². The highest BCUT2D eigenvalue weighted by atomic mass is 16.5. The number of carbonyl (C=O) groups is 2. The Labute approximate surface area is 154 Å². The van der Waals surface area contributed by atoms with Crippen LogP contribution in [0.15, 0.2) is 17.7 Å². The molecule has 1 aliphatic heterocycles. The number of likely N-dealkylation sites (tertiary alicyclic amines) is 1. The summed E-state index contributed by atoms with van der Waals surface area (Å²) in [7, 11) is 0. The van der Waals surface area contributed by atoms with Gasteiger partial charge in [0.05, 0.1) is 0 Å². The SMILES string of the molecule is CC(C)(C)c1cc(/C=C2/CCN(C(=O)NO)C2=O)cc(C(C)(C)C)c1O. The van der Waals surface area contributed by atoms with E-state index in [1.54, 1.807) is 6.08 Å². The van der Waals surface area contributed by atoms with Crippen LogP contribution in [0.25, 0.3) is 6.08 Å². The zero-order valence-electron chi connectivity index (χ0n) is 16.3. The molecule has 3 amide bonds. The van der Waals surface area contributed by atoms with Crippen molar-refractivity contribution < 1.29 is 19.9 Å². The van der Waals surface area contributed by atoms with Crippen LogP contribution >= 0.6 is 0 Å². The summed E-state index contributed by atoms with van der Waals surface area (Å²) in [6.45, 7) is 12.4. The first-order valence-electron chi connectivity index (χ1n) is 8.70. The summed E-state index contributed by atoms with van der Waals surface area (Å²) < 4.78 is 0. The molecule has 1 aliphatic rings. The Balaban J connectivity index is 2.54. The summed E-state index contributed by atoms with van der Waals surface area (Å²) in [5.74, 6) is -0.134. The molecule has 2 rings (SSSR count). The maximum atomic E-state index is 12.4. The number of urea groups is 1. The van der Waals surface area contributed by atoms with Gasteiger partial charge in [-0.2, -0.15) is 0 Å². The molecule has 0 radical (unpaired) electrons. The minimum atomic E-state index is -0.824. The van der Waals surface area contributed by atoms with Gasteiger partial charge >= 0.3 is 6.03 Å². The van der Waals surface area contributed by atoms with Gasteiger partial charge in [0.2, 0.25) is 0 Å². The number of phenols is 1. The Morgan fingerprint density at radius 2 is 1.62 bits per heavy atom. The summed E-state index contributed by atoms with van der Waals surface area (Å²) in [6, 6.07) is 2.95. The van der Waals surface area contributed by atoms with E-state index in [9.17, 15) is 14.7 Å². The lowest BCUT2D eigenvalue weighted by Crippen LogP contribution is -2.39. The minimum absolute atomic E-state index is 0.230. The molecule has 0 aliphatic carbocycles. The first-order valence-corrected chi connectivity index (χ1v) is 8.70. The van der Waals surface area contributed by atoms with Crippen molar-refractivity contribution in [2.24, 2.45) is 0 Å². The first-order chi connectivity index (χ1) is 11.9. The Morgan fingerprint density at radius 1 is 1.12 bits per heavy atom. The number of phenolic OH excluding ortho intramolecular Hbond substituents is 1. The van der Waals surface area contributed by atoms with Crippen LogP contribution in [-0.2, 0) is 15.6 Å². The Kier molecular flexibility index (Phi) is 5.19. The van der Waals surface area contributed by atoms with Crippen molar-refractivity contribution in [2.45, 2.75) is 58.8 Å². The number of nitrogens with one attached hydrogen (secondary N) is 1. The van der Waals surface area contributed by atoms with Gasteiger partial charge in [-0.15, -0.1) is 0 Å². The fourth-order valence-corrected chi connectivity index (χ4v) is 3.09. The lowest BCUT2D eigenvalue weighted by molar-refractivity contribution is -0.122. The van der Waals surface area contributed by atoms with Gasteiger partial charge in [-0.3, -0.25) is 14.9 Å². The highest BCUT2D eigenvalue weighted by Crippen LogP contribution is 2.40. The zero-order chi connectivity index (χ0) is 19.9. The van der Waals surface area contributed by atoms with E-state index in [-0.39, 0.29) is 23.1 Å². The van der Waals surface area contributed by atoms with E-state index in [1.807, 2.05) is 53.7 Å². The maximum Gasteiger partial charge on any atom is 0.348 e. The van der Waals surface area contributed by atoms with Gasteiger partial charge in [0.15, 0.2) is 0 Å². The third kappa shape index (κ3) is 3.90. The number of imide groups is 1. The quantitative estimate of drug-likeness (QED) is 0.405. The molecule has 0 unspecified atom stereocenters. The second-order valence-corrected chi connectivity index (χ2v) is 8.76. The molecule has 6 heteroatoms. The summed E-state index contributed by atoms with van der Waals surface area (Å²) in [6.07, 6.45) is 2.18. The summed E-state index contributed by atoms with van der Waals surface area (Å²) >= 11 is 0. The maximum absolute atomic E-state index is 12.4. The highest BCUT2D eigenvalue weighted by molar-refractivity contribution is 6.08. The van der Waals surface area contributed by atoms with Crippen molar-refractivity contribution >= 4 is 18.0 Å². The van der Waals surface area contributed by atoms with Crippen molar-refractivity contribution in [3.05, 3.63) is 34.4 Å². The summed E-state index contributed by atoms with van der Waals surface area (Å²) in [4.78, 5) is 24.9. The molecular weight excluding hydrogens is 332 g/mol. The van der Waals surface area contributed by atoms with Crippen LogP contribution in [0.5, 0.6) is 5.75 Å². The van der Waals surface area contributed by atoms with Crippen molar-refractivity contribution in [3.63, 3.8) is 0 Å². The molecule has 6 nitrogen and oxygen atoms in total. The smallest absolute Gasteiger partial charge is 0.348 e. The largest absolute Gasteiger partial charge is 0.507 e. The van der Waals surface area contributed by atoms with Gasteiger partial charge < -0.3 is 5.11 Å². The van der Waals surface area contributed by atoms with Crippen LogP contribution in [0.3, 0.4) is 0 Å². The fourth-order valence-electron chi connectivity index (χ4n) is 3.09. The number of benzene rings is 1. The Bertz CT molecular complexity index is 732. The van der Waals surface area contributed by atoms with Crippen LogP contribution < -0.4 is 5.48 Å². The highest BCUT2D eigenvalue weighted by Gasteiger charge is 2.31. The molecule has 0 aromatic heterocycles. The van der Waals surface area contributed by atoms with E-state index in [0.717, 1.165) is 21.6 Å². The minimum Gasteiger partial charge on any atom is -0.507 e. The van der Waals surface area contributed by atoms with Gasteiger partial charge in [0.1, 0.15) is 5.75 Å². The number of carbonyl (C=O) groups excluding carboxylic acids is 2. The van der Waals surface area contributed by atoms with E-state index >= 15 is 0 Å². The molecule has 3 N–H and O–H groups in total. The molecular formula is C20H28N2O4. The van der Waals surface area contributed by atoms with E-state index < -0.39 is 11.9 Å². The van der Waals surface area contributed by atoms with E-state index in [4.69, 9.17) is 5.21 Å². The van der Waals surface area contributed by atoms with Crippen molar-refractivity contribution in [1.29, 1.82) is 0 Å². The lowest BCUT2D eigenvalue weighted by Gasteiger charge is -2.28. The van der Waals surface area contributed by atoms with E-state index in [1.165, 1.54) is 5.48 Å². The number of amides is 3. The van der Waals surface area contributed by atoms with Crippen LogP contribution in [0, 0.1) is 0 Å². The number of aromatic hydroxyl groups is 1. The third-order valence-corrected chi connectivity index (χ3v) is 4.55. The number of hydrogen-bond donors (Lipinski definition) is 3. The Hall–Kier alpha value is -2.34. The second-order valence-electron chi connectivity index (χ2n) is 8.76. The molecule has 0 spiro atoms. The fraction of sp³-hybridized carbons (Fsp3) is 0.500. The molecule has 1 fully saturated rings. The molecule has 1 aromatic carbocycles. The second kappa shape index (κ2) is 6.76. The van der Waals surface area contributed by atoms with E-state index in [2.05, 4.69) is 0 Å². The average Bonchev–Trinajstić information content (AvgIpc) is 2.87. The molecule has 142 valence electrons. The van der Waals surface area contributed by atoms with Crippen LogP contribution in [0.1, 0.15) is 64.7 Å². The van der Waals surface area contributed by atoms with E-state index in [0.29, 0.717) is 12.0 Å². The van der Waals surface area contributed by atoms with Gasteiger partial charge in [0.25, 0.3) is 5.91 Å². The molecule has 1 saturated heterocycles. The lowest BCUT2D eigenvalue weighted by atomic mass is 9.78. The molecule has 0 saturated carbocycles. The number of nitrogens with zero attached hydrogens (tertiary/aromatic N) is 1. The number of hydroxylamine groups is 1. The van der Waals surface area contributed by atoms with Crippen LogP contribution in [-0.4, -0.2) is 33.7 Å². The summed E-state index contributed by atoms with van der Waals surface area (Å²) in [5, 5.41) is 19.5. The first kappa shape index (κ1) is 20.0. The Morgan fingerprint density at radius 3 is 2.04 bits per heavy atom. The van der Waals surface area contributed by atoms with Gasteiger partial charge in [0, 0.05) is 23.2 Å². The zero-order valence-corrected chi connectivity index (χ0v) is 16.3. The van der Waals surface area contributed by atoms with Crippen LogP contribution in [0.2, 0.25) is 0 Å². The number of hydrogen-bond acceptors (Lipinski definition) is 4. The predicted molar refractivity (Wildman–Crippen MR) is 100 cm³/mol. The average molecular weight is 360 g/mol. The summed E-state index contributed by atoms with van der Waals surface area (Å²) in [5.41, 5.74) is 3.90.